The maximum Gasteiger partial charge on any atom is 0.256 e. The minimum absolute atomic E-state index is 0.253. The minimum atomic E-state index is -0.327. The number of hydrogen-bond donors (Lipinski definition) is 1. The number of nitrogens with one attached hydrogen (secondary N) is 1. The number of carbonyl (C=O) groups is 1. The molecule has 30 heavy (non-hydrogen) atoms. The molecule has 2 aromatic carbocycles. The molecule has 0 unspecified atom stereocenters. The zero-order valence-electron chi connectivity index (χ0n) is 16.9. The molecule has 1 N–H and O–H groups in total. The Hall–Kier alpha value is -3.74. The number of aromatic nitrogens is 3. The van der Waals surface area contributed by atoms with Crippen molar-refractivity contribution < 1.29 is 13.9 Å². The van der Waals surface area contributed by atoms with Crippen LogP contribution >= 0.6 is 0 Å². The number of nitrogens with zero attached hydrogens (tertiary/aromatic N) is 3. The second kappa shape index (κ2) is 7.94. The number of amides is 1. The van der Waals surface area contributed by atoms with Gasteiger partial charge in [0, 0.05) is 11.4 Å². The minimum Gasteiger partial charge on any atom is -0.494 e. The number of ether oxygens (including phenoxy) is 1. The molecule has 0 aliphatic heterocycles. The molecule has 0 spiro atoms. The van der Waals surface area contributed by atoms with E-state index in [-0.39, 0.29) is 11.7 Å². The summed E-state index contributed by atoms with van der Waals surface area (Å²) < 4.78 is 20.4. The second-order valence-electron chi connectivity index (χ2n) is 6.89. The molecule has 0 saturated carbocycles. The van der Waals surface area contributed by atoms with Crippen molar-refractivity contribution in [3.05, 3.63) is 77.4 Å². The van der Waals surface area contributed by atoms with Crippen molar-refractivity contribution in [1.29, 1.82) is 0 Å². The molecule has 0 aliphatic rings. The summed E-state index contributed by atoms with van der Waals surface area (Å²) in [5.41, 5.74) is 3.72. The molecular formula is C23H21FN4O2. The first-order valence-electron chi connectivity index (χ1n) is 9.63. The molecule has 0 aliphatic carbocycles. The van der Waals surface area contributed by atoms with Crippen molar-refractivity contribution >= 4 is 22.6 Å². The third kappa shape index (κ3) is 3.74. The van der Waals surface area contributed by atoms with E-state index in [0.29, 0.717) is 46.0 Å². The summed E-state index contributed by atoms with van der Waals surface area (Å²) in [7, 11) is 0. The molecule has 4 rings (SSSR count). The maximum absolute atomic E-state index is 13.3. The Bertz CT molecular complexity index is 1210. The molecule has 4 aromatic rings. The van der Waals surface area contributed by atoms with Crippen LogP contribution in [-0.4, -0.2) is 27.3 Å². The van der Waals surface area contributed by atoms with Gasteiger partial charge in [0.05, 0.1) is 28.9 Å². The largest absolute Gasteiger partial charge is 0.494 e. The Morgan fingerprint density at radius 3 is 2.47 bits per heavy atom. The molecule has 0 fully saturated rings. The number of pyridine rings is 1. The summed E-state index contributed by atoms with van der Waals surface area (Å²) >= 11 is 0. The summed E-state index contributed by atoms with van der Waals surface area (Å²) in [5, 5.41) is 8.13. The summed E-state index contributed by atoms with van der Waals surface area (Å²) in [4.78, 5) is 17.7. The average Bonchev–Trinajstić information content (AvgIpc) is 3.06. The lowest BCUT2D eigenvalue weighted by atomic mass is 10.1. The van der Waals surface area contributed by atoms with Crippen LogP contribution in [0.15, 0.2) is 54.6 Å². The standard InChI is InChI=1S/C23H21FN4O2/c1-4-30-19-11-7-17(8-12-19)26-23(29)20-13-14(2)25-22-21(20)15(3)27-28(22)18-9-5-16(24)6-10-18/h5-13H,4H2,1-3H3,(H,26,29). The molecule has 152 valence electrons. The Morgan fingerprint density at radius 2 is 1.80 bits per heavy atom. The van der Waals surface area contributed by atoms with Crippen LogP contribution in [0.3, 0.4) is 0 Å². The fourth-order valence-electron chi connectivity index (χ4n) is 3.36. The normalized spacial score (nSPS) is 10.9. The number of fused-ring (bicyclic) bond motifs is 1. The van der Waals surface area contributed by atoms with E-state index in [0.717, 1.165) is 5.75 Å². The lowest BCUT2D eigenvalue weighted by Gasteiger charge is -2.09. The van der Waals surface area contributed by atoms with Gasteiger partial charge in [0.1, 0.15) is 11.6 Å². The summed E-state index contributed by atoms with van der Waals surface area (Å²) in [6.07, 6.45) is 0. The van der Waals surface area contributed by atoms with Gasteiger partial charge in [-0.25, -0.2) is 14.1 Å². The number of carbonyl (C=O) groups excluding carboxylic acids is 1. The quantitative estimate of drug-likeness (QED) is 0.517. The van der Waals surface area contributed by atoms with Gasteiger partial charge in [-0.1, -0.05) is 0 Å². The molecule has 0 bridgehead atoms. The number of anilines is 1. The lowest BCUT2D eigenvalue weighted by molar-refractivity contribution is 0.102. The smallest absolute Gasteiger partial charge is 0.256 e. The third-order valence-electron chi connectivity index (χ3n) is 4.68. The Kier molecular flexibility index (Phi) is 5.18. The van der Waals surface area contributed by atoms with Crippen molar-refractivity contribution in [3.8, 4) is 11.4 Å². The van der Waals surface area contributed by atoms with E-state index in [1.807, 2.05) is 32.9 Å². The van der Waals surface area contributed by atoms with E-state index in [9.17, 15) is 9.18 Å². The van der Waals surface area contributed by atoms with E-state index < -0.39 is 0 Å². The molecule has 1 amide bonds. The molecule has 0 radical (unpaired) electrons. The molecule has 7 heteroatoms. The van der Waals surface area contributed by atoms with Crippen molar-refractivity contribution in [2.24, 2.45) is 0 Å². The van der Waals surface area contributed by atoms with E-state index in [2.05, 4.69) is 15.4 Å². The summed E-state index contributed by atoms with van der Waals surface area (Å²) in [5.74, 6) is 0.164. The number of aryl methyl sites for hydroxylation is 2. The SMILES string of the molecule is CCOc1ccc(NC(=O)c2cc(C)nc3c2c(C)nn3-c2ccc(F)cc2)cc1. The number of hydrogen-bond acceptors (Lipinski definition) is 4. The molecule has 2 heterocycles. The number of halogens is 1. The van der Waals surface area contributed by atoms with Crippen LogP contribution in [0.2, 0.25) is 0 Å². The zero-order valence-corrected chi connectivity index (χ0v) is 16.9. The molecule has 6 nitrogen and oxygen atoms in total. The fraction of sp³-hybridized carbons (Fsp3) is 0.174. The van der Waals surface area contributed by atoms with Crippen LogP contribution in [0.1, 0.15) is 28.7 Å². The second-order valence-corrected chi connectivity index (χ2v) is 6.89. The Morgan fingerprint density at radius 1 is 1.10 bits per heavy atom. The van der Waals surface area contributed by atoms with Gasteiger partial charge in [-0.15, -0.1) is 0 Å². The first-order chi connectivity index (χ1) is 14.5. The van der Waals surface area contributed by atoms with Crippen molar-refractivity contribution in [1.82, 2.24) is 14.8 Å². The zero-order chi connectivity index (χ0) is 21.3. The van der Waals surface area contributed by atoms with Gasteiger partial charge in [0.25, 0.3) is 5.91 Å². The van der Waals surface area contributed by atoms with Crippen LogP contribution < -0.4 is 10.1 Å². The highest BCUT2D eigenvalue weighted by molar-refractivity contribution is 6.12. The van der Waals surface area contributed by atoms with Crippen LogP contribution in [0.4, 0.5) is 10.1 Å². The molecule has 0 saturated heterocycles. The van der Waals surface area contributed by atoms with Crippen LogP contribution in [0.25, 0.3) is 16.7 Å². The fourth-order valence-corrected chi connectivity index (χ4v) is 3.36. The first-order valence-corrected chi connectivity index (χ1v) is 9.63. The Balaban J connectivity index is 1.73. The van der Waals surface area contributed by atoms with Gasteiger partial charge in [0.2, 0.25) is 0 Å². The van der Waals surface area contributed by atoms with E-state index in [1.54, 1.807) is 35.0 Å². The molecular weight excluding hydrogens is 383 g/mol. The van der Waals surface area contributed by atoms with Gasteiger partial charge >= 0.3 is 0 Å². The van der Waals surface area contributed by atoms with Gasteiger partial charge in [-0.3, -0.25) is 4.79 Å². The topological polar surface area (TPSA) is 69.0 Å². The lowest BCUT2D eigenvalue weighted by Crippen LogP contribution is -2.13. The van der Waals surface area contributed by atoms with Gasteiger partial charge in [-0.2, -0.15) is 5.10 Å². The van der Waals surface area contributed by atoms with E-state index in [1.165, 1.54) is 12.1 Å². The molecule has 2 aromatic heterocycles. The van der Waals surface area contributed by atoms with E-state index >= 15 is 0 Å². The monoisotopic (exact) mass is 404 g/mol. The van der Waals surface area contributed by atoms with Crippen LogP contribution in [0, 0.1) is 19.7 Å². The highest BCUT2D eigenvalue weighted by Gasteiger charge is 2.19. The van der Waals surface area contributed by atoms with Crippen molar-refractivity contribution in [2.45, 2.75) is 20.8 Å². The van der Waals surface area contributed by atoms with Crippen LogP contribution in [0.5, 0.6) is 5.75 Å². The predicted octanol–water partition coefficient (Wildman–Crippen LogP) is 4.83. The average molecular weight is 404 g/mol. The number of rotatable bonds is 5. The highest BCUT2D eigenvalue weighted by atomic mass is 19.1. The summed E-state index contributed by atoms with van der Waals surface area (Å²) in [6.45, 7) is 6.15. The van der Waals surface area contributed by atoms with E-state index in [4.69, 9.17) is 4.74 Å². The van der Waals surface area contributed by atoms with Gasteiger partial charge in [-0.05, 0) is 75.4 Å². The van der Waals surface area contributed by atoms with Gasteiger partial charge < -0.3 is 10.1 Å². The van der Waals surface area contributed by atoms with Crippen molar-refractivity contribution in [2.75, 3.05) is 11.9 Å². The van der Waals surface area contributed by atoms with Crippen LogP contribution in [-0.2, 0) is 0 Å². The first kappa shape index (κ1) is 19.6. The summed E-state index contributed by atoms with van der Waals surface area (Å²) in [6, 6.07) is 15.0. The predicted molar refractivity (Wildman–Crippen MR) is 114 cm³/mol. The number of benzene rings is 2. The molecule has 0 atom stereocenters. The maximum atomic E-state index is 13.3. The Labute approximate surface area is 173 Å². The van der Waals surface area contributed by atoms with Crippen molar-refractivity contribution in [3.63, 3.8) is 0 Å². The third-order valence-corrected chi connectivity index (χ3v) is 4.68. The van der Waals surface area contributed by atoms with Gasteiger partial charge in [0.15, 0.2) is 5.65 Å². The highest BCUT2D eigenvalue weighted by Crippen LogP contribution is 2.26.